The Morgan fingerprint density at radius 3 is 2.13 bits per heavy atom. The van der Waals surface area contributed by atoms with Crippen molar-refractivity contribution in [3.63, 3.8) is 0 Å². The van der Waals surface area contributed by atoms with Gasteiger partial charge in [0.15, 0.2) is 0 Å². The minimum absolute atomic E-state index is 0.864. The van der Waals surface area contributed by atoms with Crippen LogP contribution in [-0.4, -0.2) is 66.5 Å². The number of aryl methyl sites for hydroxylation is 1. The molecule has 3 aromatic heterocycles. The molecule has 0 aliphatic carbocycles. The van der Waals surface area contributed by atoms with E-state index >= 15 is 0 Å². The molecule has 216 valence electrons. The van der Waals surface area contributed by atoms with Crippen LogP contribution < -0.4 is 5.32 Å². The third-order valence-corrected chi connectivity index (χ3v) is 5.67. The van der Waals surface area contributed by atoms with Crippen LogP contribution in [0.4, 0.5) is 0 Å². The highest BCUT2D eigenvalue weighted by atomic mass is 32.1. The molecule has 0 amide bonds. The van der Waals surface area contributed by atoms with Crippen LogP contribution in [0.3, 0.4) is 0 Å². The second kappa shape index (κ2) is 26.7. The fourth-order valence-electron chi connectivity index (χ4n) is 2.71. The molecule has 7 heteroatoms. The van der Waals surface area contributed by atoms with Gasteiger partial charge in [0.05, 0.1) is 11.4 Å². The fourth-order valence-corrected chi connectivity index (χ4v) is 3.76. The zero-order valence-corrected chi connectivity index (χ0v) is 27.1. The van der Waals surface area contributed by atoms with E-state index in [9.17, 15) is 0 Å². The van der Waals surface area contributed by atoms with Gasteiger partial charge >= 0.3 is 0 Å². The Balaban J connectivity index is 0. The molecule has 3 heterocycles. The van der Waals surface area contributed by atoms with Crippen molar-refractivity contribution in [3.8, 4) is 11.8 Å². The Bertz CT molecular complexity index is 1010. The van der Waals surface area contributed by atoms with Gasteiger partial charge in [-0.25, -0.2) is 4.98 Å². The van der Waals surface area contributed by atoms with Crippen LogP contribution in [-0.2, 0) is 19.5 Å². The van der Waals surface area contributed by atoms with Crippen LogP contribution in [0, 0.1) is 18.8 Å². The van der Waals surface area contributed by atoms with Gasteiger partial charge in [0, 0.05) is 43.1 Å². The molecule has 0 aliphatic rings. The lowest BCUT2D eigenvalue weighted by Crippen LogP contribution is -2.14. The van der Waals surface area contributed by atoms with Gasteiger partial charge in [-0.3, -0.25) is 9.97 Å². The van der Waals surface area contributed by atoms with Gasteiger partial charge in [-0.1, -0.05) is 32.1 Å². The van der Waals surface area contributed by atoms with Crippen molar-refractivity contribution in [3.05, 3.63) is 81.8 Å². The van der Waals surface area contributed by atoms with Crippen molar-refractivity contribution < 1.29 is 0 Å². The maximum Gasteiger partial charge on any atom is 0.107 e. The molecule has 0 saturated heterocycles. The summed E-state index contributed by atoms with van der Waals surface area (Å²) in [6, 6.07) is 10.0. The standard InChI is InChI=1S/C9H14N2S.C9H14N2.C8H12N2.C4H6.C2H6/c1-4-5-8-7(2)11-9(12-8)6-10-3;1-11(2)7-5-9-4-3-6-10-8-9;1-10(2)7-8-5-3-4-6-9-8;1-3-4-2;1-2/h4-5,10H,6H2,1-3H3;3-4,6,8H,5,7H2,1-2H3;3-6H,7H2,1-2H3;1-2H3;1-2H3/b5-4-;;;;. The smallest absolute Gasteiger partial charge is 0.107 e. The normalized spacial score (nSPS) is 9.56. The summed E-state index contributed by atoms with van der Waals surface area (Å²) in [6.45, 7) is 14.6. The number of aromatic nitrogens is 3. The lowest BCUT2D eigenvalue weighted by atomic mass is 10.2. The molecule has 1 N–H and O–H groups in total. The Kier molecular flexibility index (Phi) is 26.2. The summed E-state index contributed by atoms with van der Waals surface area (Å²) in [5.41, 5.74) is 3.55. The average Bonchev–Trinajstić information content (AvgIpc) is 3.29. The van der Waals surface area contributed by atoms with Crippen molar-refractivity contribution >= 4 is 17.4 Å². The maximum absolute atomic E-state index is 4.42. The predicted molar refractivity (Wildman–Crippen MR) is 173 cm³/mol. The van der Waals surface area contributed by atoms with Crippen LogP contribution >= 0.6 is 11.3 Å². The molecule has 39 heavy (non-hydrogen) atoms. The fraction of sp³-hybridized carbons (Fsp3) is 0.469. The number of hydrogen-bond acceptors (Lipinski definition) is 7. The van der Waals surface area contributed by atoms with E-state index in [1.165, 1.54) is 10.4 Å². The van der Waals surface area contributed by atoms with E-state index < -0.39 is 0 Å². The van der Waals surface area contributed by atoms with Crippen LogP contribution in [0.25, 0.3) is 6.08 Å². The summed E-state index contributed by atoms with van der Waals surface area (Å²) < 4.78 is 0. The molecule has 0 aliphatic heterocycles. The first-order valence-electron chi connectivity index (χ1n) is 13.4. The van der Waals surface area contributed by atoms with Crippen LogP contribution in [0.2, 0.25) is 0 Å². The summed E-state index contributed by atoms with van der Waals surface area (Å²) in [7, 11) is 10.2. The number of nitrogens with zero attached hydrogens (tertiary/aromatic N) is 5. The van der Waals surface area contributed by atoms with Crippen molar-refractivity contribution in [1.29, 1.82) is 0 Å². The summed E-state index contributed by atoms with van der Waals surface area (Å²) in [4.78, 5) is 18.2. The molecule has 0 fully saturated rings. The molecule has 0 bridgehead atoms. The van der Waals surface area contributed by atoms with E-state index in [4.69, 9.17) is 0 Å². The molecular weight excluding hydrogens is 500 g/mol. The lowest BCUT2D eigenvalue weighted by molar-refractivity contribution is 0.397. The van der Waals surface area contributed by atoms with Gasteiger partial charge in [-0.05, 0) is 99.2 Å². The topological polar surface area (TPSA) is 57.2 Å². The minimum Gasteiger partial charge on any atom is -0.314 e. The highest BCUT2D eigenvalue weighted by Gasteiger charge is 2.02. The first-order valence-corrected chi connectivity index (χ1v) is 14.2. The van der Waals surface area contributed by atoms with E-state index in [0.717, 1.165) is 42.5 Å². The number of pyridine rings is 2. The Labute approximate surface area is 243 Å². The second-order valence-corrected chi connectivity index (χ2v) is 9.68. The molecule has 3 rings (SSSR count). The quantitative estimate of drug-likeness (QED) is 0.318. The van der Waals surface area contributed by atoms with E-state index in [-0.39, 0.29) is 0 Å². The number of rotatable bonds is 8. The average molecular weight is 553 g/mol. The summed E-state index contributed by atoms with van der Waals surface area (Å²) in [5, 5.41) is 4.25. The molecule has 0 saturated carbocycles. The zero-order valence-electron chi connectivity index (χ0n) is 26.2. The highest BCUT2D eigenvalue weighted by Crippen LogP contribution is 2.19. The lowest BCUT2D eigenvalue weighted by Gasteiger charge is -2.07. The van der Waals surface area contributed by atoms with E-state index in [0.29, 0.717) is 0 Å². The predicted octanol–water partition coefficient (Wildman–Crippen LogP) is 6.59. The van der Waals surface area contributed by atoms with E-state index in [2.05, 4.69) is 68.1 Å². The Morgan fingerprint density at radius 2 is 1.67 bits per heavy atom. The number of hydrogen-bond donors (Lipinski definition) is 1. The van der Waals surface area contributed by atoms with Gasteiger partial charge < -0.3 is 15.1 Å². The van der Waals surface area contributed by atoms with Crippen molar-refractivity contribution in [1.82, 2.24) is 30.1 Å². The Morgan fingerprint density at radius 1 is 0.974 bits per heavy atom. The number of thiazole rings is 1. The summed E-state index contributed by atoms with van der Waals surface area (Å²) in [5.74, 6) is 5.36. The van der Waals surface area contributed by atoms with Gasteiger partial charge in [0.1, 0.15) is 5.01 Å². The van der Waals surface area contributed by atoms with Crippen LogP contribution in [0.1, 0.15) is 61.5 Å². The zero-order chi connectivity index (χ0) is 29.9. The van der Waals surface area contributed by atoms with Gasteiger partial charge in [-0.2, -0.15) is 0 Å². The van der Waals surface area contributed by atoms with Gasteiger partial charge in [0.2, 0.25) is 0 Å². The number of likely N-dealkylation sites (N-methyl/N-ethyl adjacent to an activating group) is 1. The summed E-state index contributed by atoms with van der Waals surface area (Å²) >= 11 is 1.75. The second-order valence-electron chi connectivity index (χ2n) is 8.56. The SMILES string of the molecule is C/C=C\c1sc(CNC)nc1C.CC.CC#CC.CN(C)CCc1cccnc1.CN(C)Cc1ccccn1. The molecule has 6 nitrogen and oxygen atoms in total. The Hall–Kier alpha value is -2.89. The summed E-state index contributed by atoms with van der Waals surface area (Å²) in [6.07, 6.45) is 10.8. The monoisotopic (exact) mass is 552 g/mol. The molecule has 0 radical (unpaired) electrons. The molecule has 3 aromatic rings. The van der Waals surface area contributed by atoms with Crippen LogP contribution in [0.5, 0.6) is 0 Å². The first-order chi connectivity index (χ1) is 18.8. The number of allylic oxidation sites excluding steroid dienone is 1. The number of nitrogens with one attached hydrogen (secondary N) is 1. The minimum atomic E-state index is 0.864. The van der Waals surface area contributed by atoms with Crippen molar-refractivity contribution in [2.45, 2.75) is 61.1 Å². The van der Waals surface area contributed by atoms with Crippen LogP contribution in [0.15, 0.2) is 55.0 Å². The largest absolute Gasteiger partial charge is 0.314 e. The van der Waals surface area contributed by atoms with Crippen molar-refractivity contribution in [2.24, 2.45) is 0 Å². The van der Waals surface area contributed by atoms with E-state index in [1.807, 2.05) is 105 Å². The molecule has 0 unspecified atom stereocenters. The maximum atomic E-state index is 4.42. The molecule has 0 atom stereocenters. The first kappa shape index (κ1) is 38.3. The molecular formula is C32H52N6S. The third kappa shape index (κ3) is 22.8. The van der Waals surface area contributed by atoms with E-state index in [1.54, 1.807) is 17.5 Å². The molecule has 0 aromatic carbocycles. The van der Waals surface area contributed by atoms with Gasteiger partial charge in [0.25, 0.3) is 0 Å². The van der Waals surface area contributed by atoms with Gasteiger partial charge in [-0.15, -0.1) is 23.2 Å². The third-order valence-electron chi connectivity index (χ3n) is 4.55. The highest BCUT2D eigenvalue weighted by molar-refractivity contribution is 7.12. The van der Waals surface area contributed by atoms with Crippen molar-refractivity contribution in [2.75, 3.05) is 41.8 Å². The molecule has 0 spiro atoms.